The van der Waals surface area contributed by atoms with E-state index in [2.05, 4.69) is 15.4 Å². The summed E-state index contributed by atoms with van der Waals surface area (Å²) in [7, 11) is 0. The molecule has 0 saturated heterocycles. The molecule has 3 rings (SSSR count). The molecule has 0 aliphatic rings. The number of aryl methyl sites for hydroxylation is 1. The van der Waals surface area contributed by atoms with Crippen LogP contribution >= 0.6 is 0 Å². The lowest BCUT2D eigenvalue weighted by molar-refractivity contribution is -0.128. The molecule has 2 aromatic heterocycles. The van der Waals surface area contributed by atoms with Crippen molar-refractivity contribution < 1.29 is 4.79 Å². The number of nitrogens with one attached hydrogen (secondary N) is 1. The minimum absolute atomic E-state index is 0.0208. The van der Waals surface area contributed by atoms with Crippen LogP contribution in [0.25, 0.3) is 11.0 Å². The molecule has 1 aromatic carbocycles. The molecular formula is C20H25N5O2. The number of aromatic nitrogens is 4. The van der Waals surface area contributed by atoms with E-state index in [9.17, 15) is 9.59 Å². The molecule has 0 radical (unpaired) electrons. The summed E-state index contributed by atoms with van der Waals surface area (Å²) in [6.45, 7) is 8.98. The Labute approximate surface area is 158 Å². The summed E-state index contributed by atoms with van der Waals surface area (Å²) in [5, 5.41) is 7.63. The van der Waals surface area contributed by atoms with Crippen LogP contribution in [0.5, 0.6) is 0 Å². The summed E-state index contributed by atoms with van der Waals surface area (Å²) in [6, 6.07) is 7.97. The fourth-order valence-electron chi connectivity index (χ4n) is 2.79. The van der Waals surface area contributed by atoms with Crippen molar-refractivity contribution in [2.24, 2.45) is 5.41 Å². The summed E-state index contributed by atoms with van der Waals surface area (Å²) in [5.74, 6) is -0.0208. The van der Waals surface area contributed by atoms with E-state index >= 15 is 0 Å². The highest BCUT2D eigenvalue weighted by molar-refractivity contribution is 5.81. The van der Waals surface area contributed by atoms with Crippen molar-refractivity contribution in [3.05, 3.63) is 58.3 Å². The highest BCUT2D eigenvalue weighted by Gasteiger charge is 2.20. The van der Waals surface area contributed by atoms with E-state index in [4.69, 9.17) is 0 Å². The second-order valence-electron chi connectivity index (χ2n) is 7.72. The van der Waals surface area contributed by atoms with E-state index < -0.39 is 5.41 Å². The van der Waals surface area contributed by atoms with Gasteiger partial charge in [-0.25, -0.2) is 9.67 Å². The van der Waals surface area contributed by atoms with E-state index in [1.807, 2.05) is 52.0 Å². The number of carbonyl (C=O) groups excluding carboxylic acids is 1. The van der Waals surface area contributed by atoms with Crippen LogP contribution < -0.4 is 10.9 Å². The number of amides is 1. The molecule has 0 aliphatic heterocycles. The molecule has 0 saturated carbocycles. The highest BCUT2D eigenvalue weighted by atomic mass is 16.2. The van der Waals surface area contributed by atoms with Crippen LogP contribution in [0.2, 0.25) is 0 Å². The van der Waals surface area contributed by atoms with Gasteiger partial charge >= 0.3 is 0 Å². The summed E-state index contributed by atoms with van der Waals surface area (Å²) in [4.78, 5) is 29.1. The third-order valence-corrected chi connectivity index (χ3v) is 4.51. The average Bonchev–Trinajstić information content (AvgIpc) is 3.02. The molecule has 2 heterocycles. The van der Waals surface area contributed by atoms with Crippen LogP contribution in [0.3, 0.4) is 0 Å². The first kappa shape index (κ1) is 18.8. The van der Waals surface area contributed by atoms with Gasteiger partial charge in [-0.1, -0.05) is 45.0 Å². The Morgan fingerprint density at radius 1 is 1.22 bits per heavy atom. The summed E-state index contributed by atoms with van der Waals surface area (Å²) in [5.41, 5.74) is 2.19. The zero-order valence-electron chi connectivity index (χ0n) is 16.2. The van der Waals surface area contributed by atoms with Crippen molar-refractivity contribution in [2.45, 2.75) is 40.8 Å². The fourth-order valence-corrected chi connectivity index (χ4v) is 2.79. The van der Waals surface area contributed by atoms with Gasteiger partial charge in [-0.15, -0.1) is 0 Å². The quantitative estimate of drug-likeness (QED) is 0.749. The van der Waals surface area contributed by atoms with Crippen molar-refractivity contribution in [3.63, 3.8) is 0 Å². The topological polar surface area (TPSA) is 81.8 Å². The molecule has 27 heavy (non-hydrogen) atoms. The molecule has 0 bridgehead atoms. The van der Waals surface area contributed by atoms with Gasteiger partial charge < -0.3 is 5.32 Å². The summed E-state index contributed by atoms with van der Waals surface area (Å²) < 4.78 is 3.25. The van der Waals surface area contributed by atoms with Crippen LogP contribution in [-0.4, -0.2) is 31.8 Å². The molecule has 1 amide bonds. The van der Waals surface area contributed by atoms with Gasteiger partial charge in [0.25, 0.3) is 5.56 Å². The molecule has 7 heteroatoms. The predicted molar refractivity (Wildman–Crippen MR) is 105 cm³/mol. The first-order valence-corrected chi connectivity index (χ1v) is 9.01. The molecule has 0 fully saturated rings. The Bertz CT molecular complexity index is 1030. The second-order valence-corrected chi connectivity index (χ2v) is 7.72. The third-order valence-electron chi connectivity index (χ3n) is 4.51. The number of fused-ring (bicyclic) bond motifs is 1. The summed E-state index contributed by atoms with van der Waals surface area (Å²) >= 11 is 0. The van der Waals surface area contributed by atoms with E-state index in [1.54, 1.807) is 21.8 Å². The molecule has 1 N–H and O–H groups in total. The largest absolute Gasteiger partial charge is 0.354 e. The van der Waals surface area contributed by atoms with Gasteiger partial charge in [0.05, 0.1) is 19.3 Å². The van der Waals surface area contributed by atoms with Crippen LogP contribution in [0.15, 0.2) is 41.6 Å². The maximum atomic E-state index is 12.8. The van der Waals surface area contributed by atoms with Gasteiger partial charge in [-0.3, -0.25) is 14.2 Å². The van der Waals surface area contributed by atoms with Crippen molar-refractivity contribution in [1.82, 2.24) is 24.6 Å². The molecule has 7 nitrogen and oxygen atoms in total. The molecular weight excluding hydrogens is 342 g/mol. The molecule has 142 valence electrons. The zero-order valence-corrected chi connectivity index (χ0v) is 16.2. The van der Waals surface area contributed by atoms with E-state index in [0.29, 0.717) is 30.7 Å². The Balaban J connectivity index is 1.78. The summed E-state index contributed by atoms with van der Waals surface area (Å²) in [6.07, 6.45) is 3.10. The predicted octanol–water partition coefficient (Wildman–Crippen LogP) is 2.11. The van der Waals surface area contributed by atoms with Crippen LogP contribution in [0.1, 0.15) is 31.9 Å². The monoisotopic (exact) mass is 367 g/mol. The van der Waals surface area contributed by atoms with Gasteiger partial charge in [-0.05, 0) is 18.1 Å². The van der Waals surface area contributed by atoms with Crippen molar-refractivity contribution >= 4 is 16.9 Å². The maximum absolute atomic E-state index is 12.8. The molecule has 0 unspecified atom stereocenters. The van der Waals surface area contributed by atoms with Crippen molar-refractivity contribution in [2.75, 3.05) is 6.54 Å². The van der Waals surface area contributed by atoms with Gasteiger partial charge in [0.1, 0.15) is 11.7 Å². The lowest BCUT2D eigenvalue weighted by atomic mass is 9.96. The number of hydrogen-bond donors (Lipinski definition) is 1. The first-order valence-electron chi connectivity index (χ1n) is 9.01. The SMILES string of the molecule is Cc1ccccc1Cn1cnc2c(cnn2CCNC(=O)C(C)(C)C)c1=O. The third kappa shape index (κ3) is 4.07. The van der Waals surface area contributed by atoms with Gasteiger partial charge in [0.15, 0.2) is 5.65 Å². The fraction of sp³-hybridized carbons (Fsp3) is 0.400. The first-order chi connectivity index (χ1) is 12.8. The van der Waals surface area contributed by atoms with Crippen molar-refractivity contribution in [1.29, 1.82) is 0 Å². The normalized spacial score (nSPS) is 11.7. The Kier molecular flexibility index (Phi) is 5.12. The number of benzene rings is 1. The standard InChI is InChI=1S/C20H25N5O2/c1-14-7-5-6-8-15(14)12-24-13-22-17-16(18(24)26)11-23-25(17)10-9-21-19(27)20(2,3)4/h5-8,11,13H,9-10,12H2,1-4H3,(H,21,27). The van der Waals surface area contributed by atoms with Gasteiger partial charge in [0, 0.05) is 12.0 Å². The number of nitrogens with zero attached hydrogens (tertiary/aromatic N) is 4. The maximum Gasteiger partial charge on any atom is 0.264 e. The van der Waals surface area contributed by atoms with Crippen LogP contribution in [-0.2, 0) is 17.9 Å². The lowest BCUT2D eigenvalue weighted by Gasteiger charge is -2.17. The lowest BCUT2D eigenvalue weighted by Crippen LogP contribution is -2.36. The minimum atomic E-state index is -0.437. The molecule has 0 spiro atoms. The smallest absolute Gasteiger partial charge is 0.264 e. The number of rotatable bonds is 5. The zero-order chi connectivity index (χ0) is 19.6. The van der Waals surface area contributed by atoms with Crippen molar-refractivity contribution in [3.8, 4) is 0 Å². The average molecular weight is 367 g/mol. The number of carbonyl (C=O) groups is 1. The molecule has 0 aliphatic carbocycles. The second kappa shape index (κ2) is 7.34. The Hall–Kier alpha value is -2.96. The Morgan fingerprint density at radius 3 is 2.67 bits per heavy atom. The molecule has 0 atom stereocenters. The van der Waals surface area contributed by atoms with E-state index in [0.717, 1.165) is 11.1 Å². The van der Waals surface area contributed by atoms with Crippen LogP contribution in [0, 0.1) is 12.3 Å². The highest BCUT2D eigenvalue weighted by Crippen LogP contribution is 2.12. The number of hydrogen-bond acceptors (Lipinski definition) is 4. The van der Waals surface area contributed by atoms with Gasteiger partial charge in [-0.2, -0.15) is 5.10 Å². The molecule has 3 aromatic rings. The minimum Gasteiger partial charge on any atom is -0.354 e. The van der Waals surface area contributed by atoms with Gasteiger partial charge in [0.2, 0.25) is 5.91 Å². The van der Waals surface area contributed by atoms with E-state index in [-0.39, 0.29) is 11.5 Å². The van der Waals surface area contributed by atoms with E-state index in [1.165, 1.54) is 0 Å². The van der Waals surface area contributed by atoms with Crippen LogP contribution in [0.4, 0.5) is 0 Å². The Morgan fingerprint density at radius 2 is 1.96 bits per heavy atom.